The molecule has 3 aliphatic heterocycles. The molecule has 120 valence electrons. The van der Waals surface area contributed by atoms with E-state index in [0.29, 0.717) is 16.7 Å². The van der Waals surface area contributed by atoms with Crippen molar-refractivity contribution in [1.82, 2.24) is 10.2 Å². The molecule has 5 nitrogen and oxygen atoms in total. The van der Waals surface area contributed by atoms with Crippen LogP contribution in [0.4, 0.5) is 0 Å². The van der Waals surface area contributed by atoms with Crippen molar-refractivity contribution in [3.8, 4) is 11.5 Å². The first-order valence-corrected chi connectivity index (χ1v) is 7.66. The molecule has 6 heteroatoms. The smallest absolute Gasteiger partial charge is 0.253 e. The Morgan fingerprint density at radius 1 is 1.14 bits per heavy atom. The largest absolute Gasteiger partial charge is 0.454 e. The Labute approximate surface area is 136 Å². The summed E-state index contributed by atoms with van der Waals surface area (Å²) >= 11 is 0. The lowest BCUT2D eigenvalue weighted by molar-refractivity contribution is 0.0607. The van der Waals surface area contributed by atoms with E-state index in [9.17, 15) is 4.79 Å². The molecular formula is C16H21ClN2O3. The molecule has 2 fully saturated rings. The number of carbonyl (C=O) groups excluding carboxylic acids is 1. The van der Waals surface area contributed by atoms with Crippen LogP contribution in [0.15, 0.2) is 18.2 Å². The molecule has 0 atom stereocenters. The normalized spacial score (nSPS) is 21.7. The summed E-state index contributed by atoms with van der Waals surface area (Å²) in [6.07, 6.45) is 3.46. The van der Waals surface area contributed by atoms with Crippen molar-refractivity contribution in [2.45, 2.75) is 19.3 Å². The first-order valence-electron chi connectivity index (χ1n) is 7.66. The summed E-state index contributed by atoms with van der Waals surface area (Å²) < 4.78 is 10.6. The molecule has 0 bridgehead atoms. The number of piperidine rings is 1. The van der Waals surface area contributed by atoms with Crippen molar-refractivity contribution in [3.63, 3.8) is 0 Å². The van der Waals surface area contributed by atoms with Gasteiger partial charge in [-0.25, -0.2) is 0 Å². The second-order valence-corrected chi connectivity index (χ2v) is 6.29. The SMILES string of the molecule is Cl.O=C(c1ccc2c(c1)OCO2)N1CCC2(CCNC2)CC1. The number of halogens is 1. The van der Waals surface area contributed by atoms with Gasteiger partial charge >= 0.3 is 0 Å². The first kappa shape index (κ1) is 15.4. The van der Waals surface area contributed by atoms with Gasteiger partial charge in [-0.15, -0.1) is 12.4 Å². The van der Waals surface area contributed by atoms with Gasteiger partial charge in [0.05, 0.1) is 0 Å². The molecule has 2 saturated heterocycles. The minimum Gasteiger partial charge on any atom is -0.454 e. The average Bonchev–Trinajstić information content (AvgIpc) is 3.16. The molecular weight excluding hydrogens is 304 g/mol. The fourth-order valence-electron chi connectivity index (χ4n) is 3.62. The van der Waals surface area contributed by atoms with E-state index in [0.717, 1.165) is 44.8 Å². The molecule has 1 N–H and O–H groups in total. The van der Waals surface area contributed by atoms with Crippen LogP contribution in [0.1, 0.15) is 29.6 Å². The Balaban J connectivity index is 0.00000144. The van der Waals surface area contributed by atoms with E-state index in [-0.39, 0.29) is 25.1 Å². The lowest BCUT2D eigenvalue weighted by Crippen LogP contribution is -2.44. The molecule has 0 aromatic heterocycles. The zero-order valence-corrected chi connectivity index (χ0v) is 13.3. The maximum atomic E-state index is 12.6. The summed E-state index contributed by atoms with van der Waals surface area (Å²) in [4.78, 5) is 14.6. The molecule has 1 amide bonds. The van der Waals surface area contributed by atoms with Crippen molar-refractivity contribution < 1.29 is 14.3 Å². The van der Waals surface area contributed by atoms with Crippen molar-refractivity contribution in [2.24, 2.45) is 5.41 Å². The van der Waals surface area contributed by atoms with E-state index in [1.54, 1.807) is 6.07 Å². The second kappa shape index (κ2) is 5.97. The van der Waals surface area contributed by atoms with Crippen molar-refractivity contribution >= 4 is 18.3 Å². The number of fused-ring (bicyclic) bond motifs is 1. The van der Waals surface area contributed by atoms with Crippen LogP contribution < -0.4 is 14.8 Å². The van der Waals surface area contributed by atoms with Crippen LogP contribution in [0.5, 0.6) is 11.5 Å². The molecule has 22 heavy (non-hydrogen) atoms. The van der Waals surface area contributed by atoms with Gasteiger partial charge in [-0.05, 0) is 49.4 Å². The molecule has 1 spiro atoms. The number of nitrogens with one attached hydrogen (secondary N) is 1. The van der Waals surface area contributed by atoms with Gasteiger partial charge in [-0.2, -0.15) is 0 Å². The van der Waals surface area contributed by atoms with Gasteiger partial charge in [0.1, 0.15) is 0 Å². The van der Waals surface area contributed by atoms with E-state index in [1.165, 1.54) is 6.42 Å². The van der Waals surface area contributed by atoms with Gasteiger partial charge in [0.15, 0.2) is 11.5 Å². The Bertz CT molecular complexity index is 563. The highest BCUT2D eigenvalue weighted by molar-refractivity contribution is 5.95. The molecule has 0 radical (unpaired) electrons. The van der Waals surface area contributed by atoms with Gasteiger partial charge in [0, 0.05) is 25.2 Å². The van der Waals surface area contributed by atoms with E-state index in [1.807, 2.05) is 17.0 Å². The summed E-state index contributed by atoms with van der Waals surface area (Å²) in [5, 5.41) is 3.45. The summed E-state index contributed by atoms with van der Waals surface area (Å²) in [7, 11) is 0. The van der Waals surface area contributed by atoms with Crippen molar-refractivity contribution in [1.29, 1.82) is 0 Å². The van der Waals surface area contributed by atoms with E-state index in [2.05, 4.69) is 5.32 Å². The third-order valence-electron chi connectivity index (χ3n) is 5.06. The number of hydrogen-bond acceptors (Lipinski definition) is 4. The summed E-state index contributed by atoms with van der Waals surface area (Å²) in [6.45, 7) is 4.19. The minimum atomic E-state index is 0. The molecule has 0 aliphatic carbocycles. The predicted molar refractivity (Wildman–Crippen MR) is 84.9 cm³/mol. The zero-order chi connectivity index (χ0) is 14.3. The number of nitrogens with zero attached hydrogens (tertiary/aromatic N) is 1. The maximum absolute atomic E-state index is 12.6. The van der Waals surface area contributed by atoms with Crippen LogP contribution in [-0.4, -0.2) is 43.8 Å². The summed E-state index contributed by atoms with van der Waals surface area (Å²) in [5.41, 5.74) is 1.13. The van der Waals surface area contributed by atoms with Gasteiger partial charge in [-0.1, -0.05) is 0 Å². The van der Waals surface area contributed by atoms with Crippen LogP contribution in [0, 0.1) is 5.41 Å². The average molecular weight is 325 g/mol. The fraction of sp³-hybridized carbons (Fsp3) is 0.562. The second-order valence-electron chi connectivity index (χ2n) is 6.29. The van der Waals surface area contributed by atoms with Gasteiger partial charge < -0.3 is 19.7 Å². The topological polar surface area (TPSA) is 50.8 Å². The molecule has 3 heterocycles. The maximum Gasteiger partial charge on any atom is 0.253 e. The lowest BCUT2D eigenvalue weighted by atomic mass is 9.78. The highest BCUT2D eigenvalue weighted by Gasteiger charge is 2.38. The number of likely N-dealkylation sites (tertiary alicyclic amines) is 1. The zero-order valence-electron chi connectivity index (χ0n) is 12.5. The number of ether oxygens (including phenoxy) is 2. The first-order chi connectivity index (χ1) is 10.3. The minimum absolute atomic E-state index is 0. The molecule has 0 saturated carbocycles. The Kier molecular flexibility index (Phi) is 4.19. The van der Waals surface area contributed by atoms with Crippen molar-refractivity contribution in [3.05, 3.63) is 23.8 Å². The molecule has 3 aliphatic rings. The van der Waals surface area contributed by atoms with E-state index >= 15 is 0 Å². The third kappa shape index (κ3) is 2.63. The highest BCUT2D eigenvalue weighted by Crippen LogP contribution is 2.38. The Morgan fingerprint density at radius 2 is 1.91 bits per heavy atom. The lowest BCUT2D eigenvalue weighted by Gasteiger charge is -2.38. The molecule has 0 unspecified atom stereocenters. The summed E-state index contributed by atoms with van der Waals surface area (Å²) in [5.74, 6) is 1.50. The van der Waals surface area contributed by atoms with Crippen LogP contribution in [0.2, 0.25) is 0 Å². The standard InChI is InChI=1S/C16H20N2O3.ClH/c19-15(12-1-2-13-14(9-12)21-11-20-13)18-7-4-16(5-8-18)3-6-17-10-16;/h1-2,9,17H,3-8,10-11H2;1H. The number of benzene rings is 1. The van der Waals surface area contributed by atoms with Crippen LogP contribution in [0.25, 0.3) is 0 Å². The van der Waals surface area contributed by atoms with Gasteiger partial charge in [0.25, 0.3) is 5.91 Å². The monoisotopic (exact) mass is 324 g/mol. The Morgan fingerprint density at radius 3 is 2.64 bits per heavy atom. The molecule has 1 aromatic rings. The molecule has 4 rings (SSSR count). The fourth-order valence-corrected chi connectivity index (χ4v) is 3.62. The quantitative estimate of drug-likeness (QED) is 0.859. The number of amides is 1. The Hall–Kier alpha value is -1.46. The predicted octanol–water partition coefficient (Wildman–Crippen LogP) is 2.05. The van der Waals surface area contributed by atoms with Gasteiger partial charge in [0.2, 0.25) is 6.79 Å². The van der Waals surface area contributed by atoms with Gasteiger partial charge in [-0.3, -0.25) is 4.79 Å². The third-order valence-corrected chi connectivity index (χ3v) is 5.06. The van der Waals surface area contributed by atoms with Crippen LogP contribution >= 0.6 is 12.4 Å². The number of rotatable bonds is 1. The number of carbonyl (C=O) groups is 1. The van der Waals surface area contributed by atoms with Crippen LogP contribution in [-0.2, 0) is 0 Å². The van der Waals surface area contributed by atoms with E-state index in [4.69, 9.17) is 9.47 Å². The van der Waals surface area contributed by atoms with Crippen LogP contribution in [0.3, 0.4) is 0 Å². The highest BCUT2D eigenvalue weighted by atomic mass is 35.5. The van der Waals surface area contributed by atoms with E-state index < -0.39 is 0 Å². The summed E-state index contributed by atoms with van der Waals surface area (Å²) in [6, 6.07) is 5.45. The molecule has 1 aromatic carbocycles. The number of hydrogen-bond donors (Lipinski definition) is 1. The van der Waals surface area contributed by atoms with Crippen molar-refractivity contribution in [2.75, 3.05) is 33.0 Å².